The van der Waals surface area contributed by atoms with E-state index in [1.807, 2.05) is 36.4 Å². The first-order valence-electron chi connectivity index (χ1n) is 6.53. The third-order valence-corrected chi connectivity index (χ3v) is 3.95. The van der Waals surface area contributed by atoms with Crippen molar-refractivity contribution < 1.29 is 9.47 Å². The molecule has 0 saturated carbocycles. The number of hydrogen-bond acceptors (Lipinski definition) is 2. The lowest BCUT2D eigenvalue weighted by atomic mass is 9.86. The molecule has 21 heavy (non-hydrogen) atoms. The van der Waals surface area contributed by atoms with E-state index in [1.165, 1.54) is 0 Å². The van der Waals surface area contributed by atoms with E-state index in [9.17, 15) is 0 Å². The minimum absolute atomic E-state index is 0.646. The van der Waals surface area contributed by atoms with Crippen LogP contribution in [0.1, 0.15) is 16.7 Å². The number of benzene rings is 1. The van der Waals surface area contributed by atoms with Crippen LogP contribution < -0.4 is 0 Å². The Labute approximate surface area is 124 Å². The molecule has 0 unspecified atom stereocenters. The summed E-state index contributed by atoms with van der Waals surface area (Å²) in [6.07, 6.45) is 17.0. The molecule has 2 nitrogen and oxygen atoms in total. The highest BCUT2D eigenvalue weighted by Gasteiger charge is 2.44. The van der Waals surface area contributed by atoms with Gasteiger partial charge in [0, 0.05) is 25.4 Å². The van der Waals surface area contributed by atoms with E-state index in [0.29, 0.717) is 5.57 Å². The molecular weight excluding hydrogens is 260 g/mol. The van der Waals surface area contributed by atoms with E-state index in [2.05, 4.69) is 11.8 Å². The number of hydrogen-bond donors (Lipinski definition) is 0. The van der Waals surface area contributed by atoms with Crippen molar-refractivity contribution in [1.82, 2.24) is 0 Å². The molecule has 0 aromatic heterocycles. The molecule has 2 aliphatic carbocycles. The van der Waals surface area contributed by atoms with Crippen LogP contribution in [0.15, 0.2) is 41.5 Å². The summed E-state index contributed by atoms with van der Waals surface area (Å²) in [5.41, 5.74) is 5.61. The van der Waals surface area contributed by atoms with Crippen molar-refractivity contribution >= 4 is 11.6 Å². The first-order chi connectivity index (χ1) is 10.2. The molecule has 0 atom stereocenters. The Bertz CT molecular complexity index is 788. The first kappa shape index (κ1) is 13.5. The average Bonchev–Trinajstić information content (AvgIpc) is 2.91. The fraction of sp³-hybridized carbons (Fsp3) is 0.158. The van der Waals surface area contributed by atoms with E-state index in [1.54, 1.807) is 14.2 Å². The summed E-state index contributed by atoms with van der Waals surface area (Å²) in [5.74, 6) is 4.27. The lowest BCUT2D eigenvalue weighted by Crippen LogP contribution is -2.39. The Balaban J connectivity index is 2.24. The van der Waals surface area contributed by atoms with Crippen LogP contribution in [-0.4, -0.2) is 20.0 Å². The SMILES string of the molecule is C#CC1=CC=C2C(=Cc3cc(C#C)ccc32)C1(OC)OC. The van der Waals surface area contributed by atoms with Gasteiger partial charge in [0.1, 0.15) is 0 Å². The lowest BCUT2D eigenvalue weighted by Gasteiger charge is -2.35. The Morgan fingerprint density at radius 3 is 2.43 bits per heavy atom. The maximum Gasteiger partial charge on any atom is 0.230 e. The minimum Gasteiger partial charge on any atom is -0.345 e. The molecule has 1 aromatic rings. The fourth-order valence-corrected chi connectivity index (χ4v) is 2.94. The Morgan fingerprint density at radius 2 is 1.81 bits per heavy atom. The molecule has 3 rings (SSSR count). The number of ether oxygens (including phenoxy) is 2. The van der Waals surface area contributed by atoms with Crippen molar-refractivity contribution in [3.05, 3.63) is 58.2 Å². The van der Waals surface area contributed by atoms with Crippen molar-refractivity contribution in [3.63, 3.8) is 0 Å². The van der Waals surface area contributed by atoms with Crippen molar-refractivity contribution in [3.8, 4) is 24.7 Å². The second kappa shape index (κ2) is 4.79. The number of fused-ring (bicyclic) bond motifs is 3. The first-order valence-corrected chi connectivity index (χ1v) is 6.53. The summed E-state index contributed by atoms with van der Waals surface area (Å²) in [5, 5.41) is 0. The van der Waals surface area contributed by atoms with Crippen LogP contribution in [0.4, 0.5) is 0 Å². The van der Waals surface area contributed by atoms with Gasteiger partial charge >= 0.3 is 0 Å². The molecule has 0 spiro atoms. The van der Waals surface area contributed by atoms with Crippen LogP contribution in [0.3, 0.4) is 0 Å². The zero-order valence-corrected chi connectivity index (χ0v) is 11.9. The number of rotatable bonds is 2. The summed E-state index contributed by atoms with van der Waals surface area (Å²) < 4.78 is 11.3. The van der Waals surface area contributed by atoms with Crippen LogP contribution in [0.2, 0.25) is 0 Å². The molecule has 1 aromatic carbocycles. The van der Waals surface area contributed by atoms with E-state index < -0.39 is 5.79 Å². The maximum atomic E-state index is 5.65. The predicted octanol–water partition coefficient (Wildman–Crippen LogP) is 3.01. The molecule has 0 heterocycles. The van der Waals surface area contributed by atoms with Gasteiger partial charge in [-0.1, -0.05) is 24.0 Å². The largest absolute Gasteiger partial charge is 0.345 e. The zero-order valence-electron chi connectivity index (χ0n) is 11.9. The van der Waals surface area contributed by atoms with Crippen LogP contribution >= 0.6 is 0 Å². The Kier molecular flexibility index (Phi) is 3.07. The van der Waals surface area contributed by atoms with Crippen LogP contribution in [0.5, 0.6) is 0 Å². The number of methoxy groups -OCH3 is 2. The second-order valence-corrected chi connectivity index (χ2v) is 4.83. The van der Waals surface area contributed by atoms with E-state index in [-0.39, 0.29) is 0 Å². The van der Waals surface area contributed by atoms with E-state index >= 15 is 0 Å². The molecular formula is C19H14O2. The highest BCUT2D eigenvalue weighted by atomic mass is 16.7. The third kappa shape index (κ3) is 1.71. The molecule has 0 aliphatic heterocycles. The molecule has 0 fully saturated rings. The molecule has 2 heteroatoms. The Morgan fingerprint density at radius 1 is 1.05 bits per heavy atom. The van der Waals surface area contributed by atoms with E-state index in [0.717, 1.165) is 27.8 Å². The summed E-state index contributed by atoms with van der Waals surface area (Å²) in [4.78, 5) is 0. The van der Waals surface area contributed by atoms with Gasteiger partial charge in [0.15, 0.2) is 0 Å². The molecule has 0 saturated heterocycles. The van der Waals surface area contributed by atoms with Crippen LogP contribution in [0.25, 0.3) is 11.6 Å². The van der Waals surface area contributed by atoms with Crippen LogP contribution in [0, 0.1) is 24.7 Å². The quantitative estimate of drug-likeness (QED) is 0.609. The predicted molar refractivity (Wildman–Crippen MR) is 84.0 cm³/mol. The summed E-state index contributed by atoms with van der Waals surface area (Å²) in [6.45, 7) is 0. The highest BCUT2D eigenvalue weighted by Crippen LogP contribution is 2.48. The van der Waals surface area contributed by atoms with Gasteiger partial charge < -0.3 is 9.47 Å². The normalized spacial score (nSPS) is 17.6. The number of allylic oxidation sites excluding steroid dienone is 2. The minimum atomic E-state index is -1.03. The van der Waals surface area contributed by atoms with Crippen molar-refractivity contribution in [2.45, 2.75) is 5.79 Å². The topological polar surface area (TPSA) is 18.5 Å². The lowest BCUT2D eigenvalue weighted by molar-refractivity contribution is -0.143. The fourth-order valence-electron chi connectivity index (χ4n) is 2.94. The van der Waals surface area contributed by atoms with Crippen LogP contribution in [-0.2, 0) is 9.47 Å². The van der Waals surface area contributed by atoms with Gasteiger partial charge in [-0.15, -0.1) is 12.8 Å². The van der Waals surface area contributed by atoms with Gasteiger partial charge in [0.05, 0.1) is 5.57 Å². The van der Waals surface area contributed by atoms with Gasteiger partial charge in [-0.3, -0.25) is 0 Å². The number of terminal acetylenes is 2. The van der Waals surface area contributed by atoms with Gasteiger partial charge in [-0.25, -0.2) is 0 Å². The smallest absolute Gasteiger partial charge is 0.230 e. The Hall–Kier alpha value is -2.52. The van der Waals surface area contributed by atoms with Gasteiger partial charge in [0.2, 0.25) is 5.79 Å². The van der Waals surface area contributed by atoms with Gasteiger partial charge in [-0.2, -0.15) is 0 Å². The second-order valence-electron chi connectivity index (χ2n) is 4.83. The van der Waals surface area contributed by atoms with Gasteiger partial charge in [-0.05, 0) is 41.0 Å². The highest BCUT2D eigenvalue weighted by molar-refractivity contribution is 5.98. The summed E-state index contributed by atoms with van der Waals surface area (Å²) in [6, 6.07) is 5.93. The molecule has 0 radical (unpaired) electrons. The molecule has 0 amide bonds. The van der Waals surface area contributed by atoms with Crippen molar-refractivity contribution in [1.29, 1.82) is 0 Å². The molecule has 0 bridgehead atoms. The maximum absolute atomic E-state index is 5.65. The van der Waals surface area contributed by atoms with Crippen molar-refractivity contribution in [2.24, 2.45) is 0 Å². The molecule has 2 aliphatic rings. The summed E-state index contributed by atoms with van der Waals surface area (Å²) in [7, 11) is 3.18. The van der Waals surface area contributed by atoms with E-state index in [4.69, 9.17) is 22.3 Å². The summed E-state index contributed by atoms with van der Waals surface area (Å²) >= 11 is 0. The van der Waals surface area contributed by atoms with Crippen molar-refractivity contribution in [2.75, 3.05) is 14.2 Å². The zero-order chi connectivity index (χ0) is 15.0. The molecule has 0 N–H and O–H groups in total. The third-order valence-electron chi connectivity index (χ3n) is 3.95. The average molecular weight is 274 g/mol. The monoisotopic (exact) mass is 274 g/mol. The molecule has 102 valence electrons. The van der Waals surface area contributed by atoms with Gasteiger partial charge in [0.25, 0.3) is 0 Å². The standard InChI is InChI=1S/C19H14O2/c1-5-13-7-9-16-14(11-13)12-18-17(16)10-8-15(6-2)19(18,20-3)21-4/h1-2,7-12H,3-4H3.